The monoisotopic (exact) mass is 268 g/mol. The number of nitro benzene ring substituents is 1. The number of nitrogens with zero attached hydrogens (tertiary/aromatic N) is 2. The molecule has 0 N–H and O–H groups in total. The molecule has 0 saturated carbocycles. The van der Waals surface area contributed by atoms with Gasteiger partial charge in [0.05, 0.1) is 11.5 Å². The molecule has 0 bridgehead atoms. The molecule has 0 amide bonds. The van der Waals surface area contributed by atoms with Gasteiger partial charge in [-0.25, -0.2) is 0 Å². The van der Waals surface area contributed by atoms with E-state index in [-0.39, 0.29) is 0 Å². The normalized spacial score (nSPS) is 15.6. The first kappa shape index (κ1) is 13.7. The van der Waals surface area contributed by atoms with Gasteiger partial charge in [-0.05, 0) is 38.4 Å². The van der Waals surface area contributed by atoms with E-state index < -0.39 is 16.4 Å². The van der Waals surface area contributed by atoms with Crippen molar-refractivity contribution in [1.29, 1.82) is 0 Å². The average Bonchev–Trinajstić information content (AvgIpc) is 2.87. The third-order valence-electron chi connectivity index (χ3n) is 3.20. The smallest absolute Gasteiger partial charge is 0.305 e. The molecule has 1 heterocycles. The van der Waals surface area contributed by atoms with Crippen molar-refractivity contribution >= 4 is 5.69 Å². The highest BCUT2D eigenvalue weighted by atomic mass is 19.1. The van der Waals surface area contributed by atoms with Gasteiger partial charge in [-0.3, -0.25) is 10.1 Å². The molecule has 1 aliphatic rings. The predicted octanol–water partition coefficient (Wildman–Crippen LogP) is 2.60. The maximum absolute atomic E-state index is 13.3. The van der Waals surface area contributed by atoms with Crippen LogP contribution in [0.3, 0.4) is 0 Å². The Balaban J connectivity index is 1.76. The quantitative estimate of drug-likeness (QED) is 0.452. The highest BCUT2D eigenvalue weighted by Crippen LogP contribution is 2.22. The summed E-state index contributed by atoms with van der Waals surface area (Å²) in [6, 6.07) is 3.62. The minimum atomic E-state index is -0.859. The number of nitro groups is 1. The SMILES string of the molecule is O=[N+]([O-])c1ccc(OCCCN2CCCC2)cc1F. The Morgan fingerprint density at radius 2 is 2.11 bits per heavy atom. The lowest BCUT2D eigenvalue weighted by Crippen LogP contribution is -2.21. The lowest BCUT2D eigenvalue weighted by Gasteiger charge is -2.14. The molecule has 2 rings (SSSR count). The number of benzene rings is 1. The van der Waals surface area contributed by atoms with E-state index in [1.54, 1.807) is 0 Å². The van der Waals surface area contributed by atoms with E-state index in [1.807, 2.05) is 0 Å². The second-order valence-electron chi connectivity index (χ2n) is 4.62. The van der Waals surface area contributed by atoms with Gasteiger partial charge in [0.25, 0.3) is 0 Å². The molecule has 1 saturated heterocycles. The molecule has 6 heteroatoms. The van der Waals surface area contributed by atoms with Gasteiger partial charge in [0.2, 0.25) is 5.82 Å². The zero-order chi connectivity index (χ0) is 13.7. The van der Waals surface area contributed by atoms with Crippen LogP contribution >= 0.6 is 0 Å². The maximum Gasteiger partial charge on any atom is 0.305 e. The van der Waals surface area contributed by atoms with Crippen LogP contribution < -0.4 is 4.74 Å². The molecule has 104 valence electrons. The van der Waals surface area contributed by atoms with Crippen LogP contribution in [0.25, 0.3) is 0 Å². The molecule has 0 spiro atoms. The van der Waals surface area contributed by atoms with Crippen molar-refractivity contribution in [2.24, 2.45) is 0 Å². The molecule has 1 fully saturated rings. The first-order valence-corrected chi connectivity index (χ1v) is 6.46. The topological polar surface area (TPSA) is 55.6 Å². The fourth-order valence-corrected chi connectivity index (χ4v) is 2.21. The lowest BCUT2D eigenvalue weighted by molar-refractivity contribution is -0.387. The lowest BCUT2D eigenvalue weighted by atomic mass is 10.3. The fourth-order valence-electron chi connectivity index (χ4n) is 2.21. The number of halogens is 1. The molecule has 5 nitrogen and oxygen atoms in total. The van der Waals surface area contributed by atoms with Crippen LogP contribution in [0.5, 0.6) is 5.75 Å². The third-order valence-corrected chi connectivity index (χ3v) is 3.20. The molecule has 1 aliphatic heterocycles. The maximum atomic E-state index is 13.3. The van der Waals surface area contributed by atoms with Gasteiger partial charge in [-0.15, -0.1) is 0 Å². The number of ether oxygens (including phenoxy) is 1. The minimum Gasteiger partial charge on any atom is -0.493 e. The summed E-state index contributed by atoms with van der Waals surface area (Å²) in [5.41, 5.74) is -0.524. The van der Waals surface area contributed by atoms with Crippen molar-refractivity contribution in [2.75, 3.05) is 26.2 Å². The number of rotatable bonds is 6. The van der Waals surface area contributed by atoms with Crippen LogP contribution in [0.2, 0.25) is 0 Å². The van der Waals surface area contributed by atoms with E-state index in [9.17, 15) is 14.5 Å². The average molecular weight is 268 g/mol. The van der Waals surface area contributed by atoms with Crippen LogP contribution in [0.1, 0.15) is 19.3 Å². The molecule has 0 radical (unpaired) electrons. The Kier molecular flexibility index (Phi) is 4.68. The summed E-state index contributed by atoms with van der Waals surface area (Å²) in [5.74, 6) is -0.522. The van der Waals surface area contributed by atoms with Gasteiger partial charge in [0.1, 0.15) is 5.75 Å². The summed E-state index contributed by atoms with van der Waals surface area (Å²) < 4.78 is 18.7. The van der Waals surface area contributed by atoms with Gasteiger partial charge < -0.3 is 9.64 Å². The molecule has 0 aromatic heterocycles. The molecular formula is C13H17FN2O3. The van der Waals surface area contributed by atoms with Gasteiger partial charge in [-0.2, -0.15) is 4.39 Å². The Hall–Kier alpha value is -1.69. The molecule has 0 atom stereocenters. The number of hydrogen-bond acceptors (Lipinski definition) is 4. The largest absolute Gasteiger partial charge is 0.493 e. The first-order valence-electron chi connectivity index (χ1n) is 6.46. The second kappa shape index (κ2) is 6.47. The first-order chi connectivity index (χ1) is 9.16. The molecular weight excluding hydrogens is 251 g/mol. The van der Waals surface area contributed by atoms with E-state index in [4.69, 9.17) is 4.74 Å². The molecule has 0 aliphatic carbocycles. The number of likely N-dealkylation sites (tertiary alicyclic amines) is 1. The zero-order valence-corrected chi connectivity index (χ0v) is 10.7. The van der Waals surface area contributed by atoms with E-state index in [1.165, 1.54) is 18.9 Å². The summed E-state index contributed by atoms with van der Waals surface area (Å²) in [6.07, 6.45) is 3.39. The summed E-state index contributed by atoms with van der Waals surface area (Å²) in [4.78, 5) is 12.1. The van der Waals surface area contributed by atoms with Crippen LogP contribution in [-0.2, 0) is 0 Å². The minimum absolute atomic E-state index is 0.338. The van der Waals surface area contributed by atoms with Crippen molar-refractivity contribution in [1.82, 2.24) is 4.90 Å². The predicted molar refractivity (Wildman–Crippen MR) is 68.8 cm³/mol. The van der Waals surface area contributed by atoms with Gasteiger partial charge >= 0.3 is 5.69 Å². The molecule has 1 aromatic carbocycles. The van der Waals surface area contributed by atoms with Crippen LogP contribution in [0.4, 0.5) is 10.1 Å². The highest BCUT2D eigenvalue weighted by molar-refractivity contribution is 5.37. The molecule has 19 heavy (non-hydrogen) atoms. The molecule has 0 unspecified atom stereocenters. The Labute approximate surface area is 111 Å². The summed E-state index contributed by atoms with van der Waals surface area (Å²) in [7, 11) is 0. The fraction of sp³-hybridized carbons (Fsp3) is 0.538. The Morgan fingerprint density at radius 1 is 1.37 bits per heavy atom. The van der Waals surface area contributed by atoms with Crippen LogP contribution in [0, 0.1) is 15.9 Å². The summed E-state index contributed by atoms with van der Waals surface area (Å²) in [5, 5.41) is 10.5. The van der Waals surface area contributed by atoms with E-state index in [0.717, 1.165) is 38.2 Å². The van der Waals surface area contributed by atoms with Crippen LogP contribution in [0.15, 0.2) is 18.2 Å². The van der Waals surface area contributed by atoms with E-state index in [0.29, 0.717) is 12.4 Å². The zero-order valence-electron chi connectivity index (χ0n) is 10.7. The summed E-state index contributed by atoms with van der Waals surface area (Å²) in [6.45, 7) is 3.77. The Bertz CT molecular complexity index is 448. The molecule has 1 aromatic rings. The van der Waals surface area contributed by atoms with Crippen molar-refractivity contribution in [2.45, 2.75) is 19.3 Å². The van der Waals surface area contributed by atoms with Crippen molar-refractivity contribution in [3.63, 3.8) is 0 Å². The van der Waals surface area contributed by atoms with Gasteiger partial charge in [-0.1, -0.05) is 0 Å². The highest BCUT2D eigenvalue weighted by Gasteiger charge is 2.14. The van der Waals surface area contributed by atoms with Gasteiger partial charge in [0.15, 0.2) is 0 Å². The number of hydrogen-bond donors (Lipinski definition) is 0. The Morgan fingerprint density at radius 3 is 2.74 bits per heavy atom. The van der Waals surface area contributed by atoms with Crippen molar-refractivity contribution in [3.05, 3.63) is 34.1 Å². The summed E-state index contributed by atoms with van der Waals surface area (Å²) >= 11 is 0. The second-order valence-corrected chi connectivity index (χ2v) is 4.62. The standard InChI is InChI=1S/C13H17FN2O3/c14-12-10-11(4-5-13(12)16(17)18)19-9-3-8-15-6-1-2-7-15/h4-5,10H,1-3,6-9H2. The van der Waals surface area contributed by atoms with Crippen LogP contribution in [-0.4, -0.2) is 36.1 Å². The van der Waals surface area contributed by atoms with Gasteiger partial charge in [0, 0.05) is 18.7 Å². The van der Waals surface area contributed by atoms with Crippen molar-refractivity contribution in [3.8, 4) is 5.75 Å². The third kappa shape index (κ3) is 3.89. The van der Waals surface area contributed by atoms with E-state index in [2.05, 4.69) is 4.90 Å². The van der Waals surface area contributed by atoms with Crippen molar-refractivity contribution < 1.29 is 14.1 Å². The van der Waals surface area contributed by atoms with E-state index >= 15 is 0 Å².